The Kier molecular flexibility index (Phi) is 6.89. The Hall–Kier alpha value is -3.45. The number of rotatable bonds is 4. The van der Waals surface area contributed by atoms with Crippen molar-refractivity contribution in [3.63, 3.8) is 0 Å². The Balaban J connectivity index is 0.000000821. The van der Waals surface area contributed by atoms with Crippen molar-refractivity contribution in [3.8, 4) is 5.69 Å². The molecule has 2 saturated heterocycles. The molecule has 2 aliphatic rings. The van der Waals surface area contributed by atoms with Gasteiger partial charge in [-0.1, -0.05) is 36.4 Å². The zero-order valence-corrected chi connectivity index (χ0v) is 19.0. The zero-order chi connectivity index (χ0) is 23.4. The maximum absolute atomic E-state index is 12.4. The van der Waals surface area contributed by atoms with Crippen LogP contribution < -0.4 is 0 Å². The number of nitrogens with zero attached hydrogens (tertiary/aromatic N) is 4. The smallest absolute Gasteiger partial charge is 0.290 e. The second kappa shape index (κ2) is 10.0. The molecule has 7 heteroatoms. The van der Waals surface area contributed by atoms with Crippen molar-refractivity contribution in [2.45, 2.75) is 26.4 Å². The molecule has 3 aromatic rings. The van der Waals surface area contributed by atoms with Crippen LogP contribution in [0.5, 0.6) is 0 Å². The Morgan fingerprint density at radius 1 is 1.09 bits per heavy atom. The molecule has 1 N–H and O–H groups in total. The number of aryl methyl sites for hydroxylation is 1. The molecule has 0 spiro atoms. The van der Waals surface area contributed by atoms with E-state index >= 15 is 0 Å². The van der Waals surface area contributed by atoms with Crippen LogP contribution in [0.4, 0.5) is 0 Å². The molecule has 3 heterocycles. The van der Waals surface area contributed by atoms with Crippen LogP contribution in [0.25, 0.3) is 5.69 Å². The van der Waals surface area contributed by atoms with E-state index in [0.717, 1.165) is 31.9 Å². The average molecular weight is 447 g/mol. The quantitative estimate of drug-likeness (QED) is 0.621. The largest absolute Gasteiger partial charge is 0.483 e. The Morgan fingerprint density at radius 2 is 1.82 bits per heavy atom. The van der Waals surface area contributed by atoms with Crippen LogP contribution in [0.2, 0.25) is 0 Å². The summed E-state index contributed by atoms with van der Waals surface area (Å²) in [4.78, 5) is 25.4. The van der Waals surface area contributed by atoms with Crippen LogP contribution in [-0.4, -0.2) is 56.7 Å². The lowest BCUT2D eigenvalue weighted by molar-refractivity contribution is -0.130. The third-order valence-corrected chi connectivity index (χ3v) is 6.76. The van der Waals surface area contributed by atoms with Crippen LogP contribution in [0, 0.1) is 18.8 Å². The molecule has 33 heavy (non-hydrogen) atoms. The number of carboxylic acid groups (broad SMARTS) is 1. The molecule has 172 valence electrons. The summed E-state index contributed by atoms with van der Waals surface area (Å²) < 4.78 is 1.88. The molecule has 5 rings (SSSR count). The third-order valence-electron chi connectivity index (χ3n) is 6.76. The fraction of sp³-hybridized carbons (Fsp3) is 0.346. The number of aromatic nitrogens is 2. The molecule has 1 aromatic heterocycles. The minimum absolute atomic E-state index is 0.193. The second-order valence-electron chi connectivity index (χ2n) is 8.81. The van der Waals surface area contributed by atoms with Crippen LogP contribution >= 0.6 is 0 Å². The molecule has 2 aliphatic heterocycles. The van der Waals surface area contributed by atoms with E-state index in [1.165, 1.54) is 16.7 Å². The molecular formula is C26H30N4O3. The van der Waals surface area contributed by atoms with Crippen molar-refractivity contribution < 1.29 is 14.7 Å². The fourth-order valence-electron chi connectivity index (χ4n) is 5.34. The lowest BCUT2D eigenvalue weighted by Crippen LogP contribution is -2.34. The number of benzene rings is 2. The van der Waals surface area contributed by atoms with Gasteiger partial charge in [0.1, 0.15) is 0 Å². The maximum Gasteiger partial charge on any atom is 0.290 e. The summed E-state index contributed by atoms with van der Waals surface area (Å²) in [5.41, 5.74) is 4.99. The van der Waals surface area contributed by atoms with Crippen molar-refractivity contribution in [1.29, 1.82) is 0 Å². The van der Waals surface area contributed by atoms with Gasteiger partial charge < -0.3 is 10.0 Å². The first-order valence-corrected chi connectivity index (χ1v) is 11.2. The SMILES string of the molecule is CC(=O)N1C[C@H]2CN(Cc3ccc(-n4cccn4)cc3)C[C@H]2[C@H]1c1ccccc1C.O=CO. The number of amides is 1. The van der Waals surface area contributed by atoms with E-state index in [2.05, 4.69) is 70.4 Å². The van der Waals surface area contributed by atoms with Gasteiger partial charge in [-0.05, 0) is 47.7 Å². The summed E-state index contributed by atoms with van der Waals surface area (Å²) in [6.07, 6.45) is 3.76. The van der Waals surface area contributed by atoms with Crippen LogP contribution in [0.3, 0.4) is 0 Å². The molecule has 2 fully saturated rings. The Bertz CT molecular complexity index is 1080. The van der Waals surface area contributed by atoms with Gasteiger partial charge in [-0.25, -0.2) is 4.68 Å². The number of hydrogen-bond donors (Lipinski definition) is 1. The lowest BCUT2D eigenvalue weighted by Gasteiger charge is -2.30. The topological polar surface area (TPSA) is 78.7 Å². The standard InChI is InChI=1S/C25H28N4O.CH2O2/c1-18-6-3-4-7-23(18)25-24-17-27(15-21(24)16-28(25)19(2)30)14-20-8-10-22(11-9-20)29-13-5-12-26-29;2-1-3/h3-13,21,24-25H,14-17H2,1-2H3;1H,(H,2,3)/t21-,24-,25-;/m1./s1. The molecule has 7 nitrogen and oxygen atoms in total. The highest BCUT2D eigenvalue weighted by Gasteiger charge is 2.48. The van der Waals surface area contributed by atoms with E-state index in [9.17, 15) is 4.79 Å². The van der Waals surface area contributed by atoms with Gasteiger partial charge >= 0.3 is 0 Å². The first kappa shape index (κ1) is 22.7. The van der Waals surface area contributed by atoms with Crippen molar-refractivity contribution >= 4 is 12.4 Å². The third kappa shape index (κ3) is 4.83. The van der Waals surface area contributed by atoms with E-state index in [1.54, 1.807) is 13.1 Å². The minimum atomic E-state index is -0.250. The van der Waals surface area contributed by atoms with Crippen LogP contribution in [-0.2, 0) is 16.1 Å². The summed E-state index contributed by atoms with van der Waals surface area (Å²) in [7, 11) is 0. The first-order chi connectivity index (χ1) is 16.0. The van der Waals surface area contributed by atoms with E-state index < -0.39 is 0 Å². The molecule has 0 aliphatic carbocycles. The van der Waals surface area contributed by atoms with E-state index in [-0.39, 0.29) is 18.4 Å². The van der Waals surface area contributed by atoms with Crippen molar-refractivity contribution in [2.75, 3.05) is 19.6 Å². The summed E-state index contributed by atoms with van der Waals surface area (Å²) in [6, 6.07) is 19.3. The summed E-state index contributed by atoms with van der Waals surface area (Å²) in [5.74, 6) is 1.23. The van der Waals surface area contributed by atoms with Gasteiger partial charge in [0, 0.05) is 51.4 Å². The summed E-state index contributed by atoms with van der Waals surface area (Å²) in [5, 5.41) is 11.2. The van der Waals surface area contributed by atoms with Gasteiger partial charge in [0.2, 0.25) is 5.91 Å². The molecule has 3 atom stereocenters. The molecule has 0 saturated carbocycles. The maximum atomic E-state index is 12.4. The summed E-state index contributed by atoms with van der Waals surface area (Å²) >= 11 is 0. The Labute approximate surface area is 194 Å². The number of hydrogen-bond acceptors (Lipinski definition) is 4. The van der Waals surface area contributed by atoms with Gasteiger partial charge in [-0.3, -0.25) is 14.5 Å². The highest BCUT2D eigenvalue weighted by Crippen LogP contribution is 2.46. The number of likely N-dealkylation sites (tertiary alicyclic amines) is 2. The van der Waals surface area contributed by atoms with E-state index in [1.807, 2.05) is 16.9 Å². The van der Waals surface area contributed by atoms with E-state index in [4.69, 9.17) is 9.90 Å². The number of carbonyl (C=O) groups is 2. The molecule has 0 unspecified atom stereocenters. The fourth-order valence-corrected chi connectivity index (χ4v) is 5.34. The summed E-state index contributed by atoms with van der Waals surface area (Å²) in [6.45, 7) is 7.53. The normalized spacial score (nSPS) is 21.9. The minimum Gasteiger partial charge on any atom is -0.483 e. The van der Waals surface area contributed by atoms with Gasteiger partial charge in [-0.15, -0.1) is 0 Å². The van der Waals surface area contributed by atoms with Gasteiger partial charge in [0.25, 0.3) is 6.47 Å². The molecule has 0 bridgehead atoms. The van der Waals surface area contributed by atoms with Gasteiger partial charge in [-0.2, -0.15) is 5.10 Å². The molecule has 0 radical (unpaired) electrons. The highest BCUT2D eigenvalue weighted by atomic mass is 16.3. The lowest BCUT2D eigenvalue weighted by atomic mass is 9.87. The van der Waals surface area contributed by atoms with Gasteiger partial charge in [0.15, 0.2) is 0 Å². The van der Waals surface area contributed by atoms with Crippen molar-refractivity contribution in [3.05, 3.63) is 83.7 Å². The van der Waals surface area contributed by atoms with E-state index in [0.29, 0.717) is 11.8 Å². The average Bonchev–Trinajstić information content (AvgIpc) is 3.52. The predicted octanol–water partition coefficient (Wildman–Crippen LogP) is 3.53. The molecule has 1 amide bonds. The number of fused-ring (bicyclic) bond motifs is 1. The first-order valence-electron chi connectivity index (χ1n) is 11.2. The Morgan fingerprint density at radius 3 is 2.45 bits per heavy atom. The second-order valence-corrected chi connectivity index (χ2v) is 8.81. The molecule has 2 aromatic carbocycles. The monoisotopic (exact) mass is 446 g/mol. The zero-order valence-electron chi connectivity index (χ0n) is 19.0. The number of carbonyl (C=O) groups excluding carboxylic acids is 1. The van der Waals surface area contributed by atoms with Crippen LogP contribution in [0.15, 0.2) is 67.0 Å². The van der Waals surface area contributed by atoms with Gasteiger partial charge in [0.05, 0.1) is 11.7 Å². The molecular weight excluding hydrogens is 416 g/mol. The highest BCUT2D eigenvalue weighted by molar-refractivity contribution is 5.74. The predicted molar refractivity (Wildman–Crippen MR) is 126 cm³/mol. The van der Waals surface area contributed by atoms with Crippen molar-refractivity contribution in [2.24, 2.45) is 11.8 Å². The van der Waals surface area contributed by atoms with Crippen molar-refractivity contribution in [1.82, 2.24) is 19.6 Å². The van der Waals surface area contributed by atoms with Crippen LogP contribution in [0.1, 0.15) is 29.7 Å².